The quantitative estimate of drug-likeness (QED) is 0.589. The van der Waals surface area contributed by atoms with E-state index < -0.39 is 30.0 Å². The number of aryl methyl sites for hydroxylation is 1. The van der Waals surface area contributed by atoms with Gasteiger partial charge in [0.15, 0.2) is 0 Å². The number of fused-ring (bicyclic) bond motifs is 1. The molecule has 1 fully saturated rings. The number of esters is 1. The molecule has 1 aliphatic heterocycles. The summed E-state index contributed by atoms with van der Waals surface area (Å²) in [7, 11) is 0.249. The maximum absolute atomic E-state index is 15.0. The van der Waals surface area contributed by atoms with Crippen LogP contribution < -0.4 is 0 Å². The summed E-state index contributed by atoms with van der Waals surface area (Å²) in [6.45, 7) is 10.2. The van der Waals surface area contributed by atoms with E-state index in [0.29, 0.717) is 23.1 Å². The molecular formula is C20H25BFNO4. The third-order valence-corrected chi connectivity index (χ3v) is 5.45. The van der Waals surface area contributed by atoms with Crippen LogP contribution in [0.1, 0.15) is 50.5 Å². The monoisotopic (exact) mass is 373 g/mol. The van der Waals surface area contributed by atoms with E-state index in [9.17, 15) is 4.79 Å². The van der Waals surface area contributed by atoms with Gasteiger partial charge in [0.25, 0.3) is 0 Å². The van der Waals surface area contributed by atoms with Gasteiger partial charge in [-0.1, -0.05) is 6.07 Å². The third kappa shape index (κ3) is 3.30. The molecule has 1 aromatic heterocycles. The molecule has 1 aliphatic rings. The zero-order chi connectivity index (χ0) is 20.0. The highest BCUT2D eigenvalue weighted by atomic mass is 19.1. The van der Waals surface area contributed by atoms with Crippen LogP contribution in [0.5, 0.6) is 0 Å². The number of carbonyl (C=O) groups excluding carboxylic acids is 1. The number of nitrogens with zero attached hydrogens (tertiary/aromatic N) is 1. The molecule has 2 heterocycles. The summed E-state index contributed by atoms with van der Waals surface area (Å²) in [5.41, 5.74) is 0.0292. The first-order valence-electron chi connectivity index (χ1n) is 9.04. The number of hydrogen-bond acceptors (Lipinski definition) is 4. The first kappa shape index (κ1) is 19.6. The van der Waals surface area contributed by atoms with Gasteiger partial charge < -0.3 is 18.6 Å². The van der Waals surface area contributed by atoms with E-state index >= 15 is 4.39 Å². The summed E-state index contributed by atoms with van der Waals surface area (Å²) in [6.07, 6.45) is 3.20. The van der Waals surface area contributed by atoms with Gasteiger partial charge in [0.1, 0.15) is 5.73 Å². The number of carbonyl (C=O) groups is 1. The Morgan fingerprint density at radius 2 is 1.89 bits per heavy atom. The fourth-order valence-electron chi connectivity index (χ4n) is 3.21. The molecule has 0 saturated carbocycles. The lowest BCUT2D eigenvalue weighted by Crippen LogP contribution is -2.41. The average molecular weight is 373 g/mol. The van der Waals surface area contributed by atoms with E-state index in [-0.39, 0.29) is 0 Å². The van der Waals surface area contributed by atoms with Crippen molar-refractivity contribution in [1.82, 2.24) is 4.57 Å². The summed E-state index contributed by atoms with van der Waals surface area (Å²) in [5, 5.41) is 0.651. The lowest BCUT2D eigenvalue weighted by Gasteiger charge is -2.32. The second kappa shape index (κ2) is 6.80. The molecule has 3 rings (SSSR count). The predicted octanol–water partition coefficient (Wildman–Crippen LogP) is 4.39. The highest BCUT2D eigenvalue weighted by molar-refractivity contribution is 6.54. The van der Waals surface area contributed by atoms with Gasteiger partial charge in [-0.2, -0.15) is 0 Å². The van der Waals surface area contributed by atoms with E-state index in [2.05, 4.69) is 0 Å². The van der Waals surface area contributed by atoms with Crippen LogP contribution in [-0.2, 0) is 20.6 Å². The van der Waals surface area contributed by atoms with Gasteiger partial charge in [-0.25, -0.2) is 9.18 Å². The van der Waals surface area contributed by atoms with Crippen molar-refractivity contribution in [3.63, 3.8) is 0 Å². The van der Waals surface area contributed by atoms with Gasteiger partial charge in [-0.05, 0) is 52.8 Å². The minimum Gasteiger partial charge on any atom is -0.465 e. The van der Waals surface area contributed by atoms with E-state index in [1.807, 2.05) is 51.4 Å². The zero-order valence-electron chi connectivity index (χ0n) is 16.6. The van der Waals surface area contributed by atoms with E-state index in [0.717, 1.165) is 5.52 Å². The van der Waals surface area contributed by atoms with Crippen molar-refractivity contribution >= 4 is 30.1 Å². The molecule has 0 amide bonds. The molecule has 7 heteroatoms. The number of benzene rings is 1. The van der Waals surface area contributed by atoms with Gasteiger partial charge in [0, 0.05) is 29.2 Å². The lowest BCUT2D eigenvalue weighted by atomic mass is 9.86. The molecule has 0 spiro atoms. The Balaban J connectivity index is 2.09. The summed E-state index contributed by atoms with van der Waals surface area (Å²) >= 11 is 0. The van der Waals surface area contributed by atoms with Crippen molar-refractivity contribution in [3.05, 3.63) is 41.2 Å². The maximum atomic E-state index is 15.0. The molecule has 144 valence electrons. The van der Waals surface area contributed by atoms with Crippen LogP contribution in [0.3, 0.4) is 0 Å². The van der Waals surface area contributed by atoms with Crippen LogP contribution in [0.25, 0.3) is 17.0 Å². The Hall–Kier alpha value is -2.12. The molecular weight excluding hydrogens is 348 g/mol. The van der Waals surface area contributed by atoms with Crippen LogP contribution in [-0.4, -0.2) is 36.0 Å². The standard InChI is InChI=1S/C20H25BFNO4/c1-7-23-12-13(17-14(18(24)25-6)9-8-10-15(17)23)11-16(22)21-26-19(2,3)20(4,5)27-21/h8-12H,7H2,1-6H3. The highest BCUT2D eigenvalue weighted by Gasteiger charge is 2.53. The Bertz CT molecular complexity index is 900. The normalized spacial score (nSPS) is 18.9. The molecule has 0 unspecified atom stereocenters. The van der Waals surface area contributed by atoms with Crippen molar-refractivity contribution in [2.75, 3.05) is 7.11 Å². The molecule has 1 aromatic carbocycles. The molecule has 0 radical (unpaired) electrons. The zero-order valence-corrected chi connectivity index (χ0v) is 16.6. The second-order valence-electron chi connectivity index (χ2n) is 7.68. The number of hydrogen-bond donors (Lipinski definition) is 0. The molecule has 5 nitrogen and oxygen atoms in total. The van der Waals surface area contributed by atoms with Crippen LogP contribution in [0.15, 0.2) is 30.1 Å². The molecule has 0 aliphatic carbocycles. The third-order valence-electron chi connectivity index (χ3n) is 5.45. The lowest BCUT2D eigenvalue weighted by molar-refractivity contribution is 0.00578. The molecule has 27 heavy (non-hydrogen) atoms. The highest BCUT2D eigenvalue weighted by Crippen LogP contribution is 2.39. The van der Waals surface area contributed by atoms with Crippen molar-refractivity contribution in [1.29, 1.82) is 0 Å². The molecule has 0 N–H and O–H groups in total. The van der Waals surface area contributed by atoms with Crippen molar-refractivity contribution in [3.8, 4) is 0 Å². The first-order chi connectivity index (χ1) is 12.6. The second-order valence-corrected chi connectivity index (χ2v) is 7.68. The van der Waals surface area contributed by atoms with Gasteiger partial charge in [-0.3, -0.25) is 0 Å². The Kier molecular flexibility index (Phi) is 4.95. The number of aromatic nitrogens is 1. The molecule has 0 atom stereocenters. The Morgan fingerprint density at radius 1 is 1.26 bits per heavy atom. The summed E-state index contributed by atoms with van der Waals surface area (Å²) in [6, 6.07) is 5.37. The summed E-state index contributed by atoms with van der Waals surface area (Å²) < 4.78 is 33.4. The van der Waals surface area contributed by atoms with Crippen LogP contribution in [0.4, 0.5) is 4.39 Å². The molecule has 1 saturated heterocycles. The van der Waals surface area contributed by atoms with Crippen LogP contribution in [0.2, 0.25) is 0 Å². The molecule has 0 bridgehead atoms. The van der Waals surface area contributed by atoms with E-state index in [1.165, 1.54) is 13.2 Å². The fraction of sp³-hybridized carbons (Fsp3) is 0.450. The van der Waals surface area contributed by atoms with Crippen molar-refractivity contribution < 1.29 is 23.2 Å². The van der Waals surface area contributed by atoms with Crippen molar-refractivity contribution in [2.24, 2.45) is 0 Å². The van der Waals surface area contributed by atoms with Gasteiger partial charge in [0.2, 0.25) is 0 Å². The Morgan fingerprint density at radius 3 is 2.44 bits per heavy atom. The van der Waals surface area contributed by atoms with E-state index in [4.69, 9.17) is 14.0 Å². The number of rotatable bonds is 4. The topological polar surface area (TPSA) is 49.7 Å². The average Bonchev–Trinajstić information content (AvgIpc) is 3.08. The summed E-state index contributed by atoms with van der Waals surface area (Å²) in [4.78, 5) is 12.2. The Labute approximate surface area is 159 Å². The molecule has 2 aromatic rings. The largest absolute Gasteiger partial charge is 0.525 e. The first-order valence-corrected chi connectivity index (χ1v) is 9.04. The number of methoxy groups -OCH3 is 1. The van der Waals surface area contributed by atoms with Gasteiger partial charge in [0.05, 0.1) is 23.9 Å². The SMILES string of the molecule is CCn1cc(C=C(F)B2OC(C)(C)C(C)(C)O2)c2c(C(=O)OC)cccc21. The number of ether oxygens (including phenoxy) is 1. The fourth-order valence-corrected chi connectivity index (χ4v) is 3.21. The van der Waals surface area contributed by atoms with Crippen LogP contribution >= 0.6 is 0 Å². The minimum absolute atomic E-state index is 0.398. The smallest absolute Gasteiger partial charge is 0.465 e. The van der Waals surface area contributed by atoms with E-state index in [1.54, 1.807) is 12.1 Å². The minimum atomic E-state index is -1.08. The van der Waals surface area contributed by atoms with Crippen LogP contribution in [0, 0.1) is 0 Å². The number of halogens is 1. The van der Waals surface area contributed by atoms with Crippen molar-refractivity contribution in [2.45, 2.75) is 52.4 Å². The van der Waals surface area contributed by atoms with Gasteiger partial charge in [-0.15, -0.1) is 0 Å². The predicted molar refractivity (Wildman–Crippen MR) is 104 cm³/mol. The summed E-state index contributed by atoms with van der Waals surface area (Å²) in [5.74, 6) is -0.458. The van der Waals surface area contributed by atoms with Gasteiger partial charge >= 0.3 is 13.1 Å². The maximum Gasteiger partial charge on any atom is 0.525 e.